The molecule has 55 heavy (non-hydrogen) atoms. The van der Waals surface area contributed by atoms with Gasteiger partial charge in [0.1, 0.15) is 5.82 Å². The van der Waals surface area contributed by atoms with Crippen molar-refractivity contribution >= 4 is 54.1 Å². The van der Waals surface area contributed by atoms with E-state index in [1.54, 1.807) is 0 Å². The molecule has 0 spiro atoms. The van der Waals surface area contributed by atoms with Crippen molar-refractivity contribution in [3.8, 4) is 44.8 Å². The smallest absolute Gasteiger partial charge is 0.141 e. The second-order valence-electron chi connectivity index (χ2n) is 15.0. The van der Waals surface area contributed by atoms with Gasteiger partial charge in [-0.1, -0.05) is 158 Å². The van der Waals surface area contributed by atoms with Crippen LogP contribution in [-0.2, 0) is 0 Å². The molecule has 0 aliphatic heterocycles. The zero-order valence-corrected chi connectivity index (χ0v) is 30.5. The zero-order valence-electron chi connectivity index (χ0n) is 30.5. The van der Waals surface area contributed by atoms with Crippen molar-refractivity contribution in [2.45, 2.75) is 25.3 Å². The lowest BCUT2D eigenvalue weighted by molar-refractivity contribution is 0.476. The number of nitrogens with zero attached hydrogens (tertiary/aromatic N) is 2. The van der Waals surface area contributed by atoms with E-state index in [9.17, 15) is 0 Å². The van der Waals surface area contributed by atoms with Crippen molar-refractivity contribution in [1.29, 1.82) is 0 Å². The van der Waals surface area contributed by atoms with E-state index in [4.69, 9.17) is 4.98 Å². The number of allylic oxidation sites excluding steroid dienone is 2. The fraction of sp³-hybridized carbons (Fsp3) is 0.0755. The Balaban J connectivity index is 1.11. The highest BCUT2D eigenvalue weighted by molar-refractivity contribution is 6.22. The molecule has 10 aromatic rings. The van der Waals surface area contributed by atoms with Crippen LogP contribution in [0.4, 0.5) is 0 Å². The minimum absolute atomic E-state index is 0.410. The lowest BCUT2D eigenvalue weighted by atomic mass is 9.84. The van der Waals surface area contributed by atoms with Gasteiger partial charge in [0.15, 0.2) is 0 Å². The quantitative estimate of drug-likeness (QED) is 0.129. The Hall–Kier alpha value is -6.77. The van der Waals surface area contributed by atoms with Gasteiger partial charge in [0.05, 0.1) is 11.0 Å². The maximum atomic E-state index is 5.19. The summed E-state index contributed by atoms with van der Waals surface area (Å²) in [7, 11) is 0. The van der Waals surface area contributed by atoms with Gasteiger partial charge < -0.3 is 4.57 Å². The van der Waals surface area contributed by atoms with Gasteiger partial charge in [0.25, 0.3) is 0 Å². The number of aromatic nitrogens is 2. The molecule has 0 saturated heterocycles. The fourth-order valence-electron chi connectivity index (χ4n) is 9.11. The number of para-hydroxylation sites is 2. The molecular weight excluding hydrogens is 665 g/mol. The highest BCUT2D eigenvalue weighted by Gasteiger charge is 2.22. The Bertz CT molecular complexity index is 3130. The average molecular weight is 703 g/mol. The molecule has 260 valence electrons. The Morgan fingerprint density at radius 2 is 0.964 bits per heavy atom. The molecule has 2 heteroatoms. The van der Waals surface area contributed by atoms with Crippen molar-refractivity contribution in [2.75, 3.05) is 0 Å². The number of rotatable bonds is 5. The van der Waals surface area contributed by atoms with Gasteiger partial charge in [-0.3, -0.25) is 0 Å². The second-order valence-corrected chi connectivity index (χ2v) is 15.0. The Kier molecular flexibility index (Phi) is 7.48. The first-order valence-electron chi connectivity index (χ1n) is 19.5. The van der Waals surface area contributed by atoms with E-state index in [2.05, 4.69) is 193 Å². The van der Waals surface area contributed by atoms with Gasteiger partial charge >= 0.3 is 0 Å². The summed E-state index contributed by atoms with van der Waals surface area (Å²) in [5.41, 5.74) is 10.8. The number of hydrogen-bond acceptors (Lipinski definition) is 1. The largest absolute Gasteiger partial charge is 0.321 e. The SMILES string of the molecule is C1=CCC(n2c(-c3ccc(-c4ccc5c(-c6ccc7ccccc7c6)c6ccccc6c(-c6ccc7ccccc7c6)c5c4)cc3)nc3ccccc32)CC1. The number of imidazole rings is 1. The third kappa shape index (κ3) is 5.36. The summed E-state index contributed by atoms with van der Waals surface area (Å²) in [6.45, 7) is 0. The standard InChI is InChI=1S/C53H38N2/c1-2-16-44(17-3-1)55-50-21-11-10-20-49(50)54-53(55)38-26-22-37(23-27-38)41-30-31-47-48(34-41)52(43-29-25-36-13-5-7-15-40(36)33-43)46-19-9-8-18-45(46)51(47)42-28-24-35-12-4-6-14-39(35)32-42/h1-2,4-15,18-34,44H,3,16-17H2. The van der Waals surface area contributed by atoms with E-state index in [1.165, 1.54) is 82.0 Å². The van der Waals surface area contributed by atoms with Gasteiger partial charge in [-0.05, 0) is 126 Å². The van der Waals surface area contributed by atoms with Crippen molar-refractivity contribution in [1.82, 2.24) is 9.55 Å². The average Bonchev–Trinajstić information content (AvgIpc) is 3.65. The number of benzene rings is 9. The highest BCUT2D eigenvalue weighted by Crippen LogP contribution is 2.46. The maximum absolute atomic E-state index is 5.19. The van der Waals surface area contributed by atoms with E-state index in [1.807, 2.05) is 0 Å². The third-order valence-electron chi connectivity index (χ3n) is 11.8. The van der Waals surface area contributed by atoms with E-state index in [0.717, 1.165) is 36.2 Å². The van der Waals surface area contributed by atoms with Crippen molar-refractivity contribution < 1.29 is 0 Å². The topological polar surface area (TPSA) is 17.8 Å². The van der Waals surface area contributed by atoms with Crippen LogP contribution in [0.2, 0.25) is 0 Å². The van der Waals surface area contributed by atoms with Gasteiger partial charge in [0.2, 0.25) is 0 Å². The molecule has 0 saturated carbocycles. The highest BCUT2D eigenvalue weighted by atomic mass is 15.1. The second kappa shape index (κ2) is 13.0. The van der Waals surface area contributed by atoms with Gasteiger partial charge in [-0.2, -0.15) is 0 Å². The molecule has 1 unspecified atom stereocenters. The molecular formula is C53H38N2. The minimum Gasteiger partial charge on any atom is -0.321 e. The minimum atomic E-state index is 0.410. The predicted molar refractivity (Wildman–Crippen MR) is 234 cm³/mol. The molecule has 1 aliphatic rings. The van der Waals surface area contributed by atoms with E-state index in [0.29, 0.717) is 6.04 Å². The number of hydrogen-bond donors (Lipinski definition) is 0. The van der Waals surface area contributed by atoms with E-state index >= 15 is 0 Å². The molecule has 0 fully saturated rings. The first-order chi connectivity index (χ1) is 27.3. The summed E-state index contributed by atoms with van der Waals surface area (Å²) in [6, 6.07) is 65.3. The molecule has 0 amide bonds. The molecule has 2 nitrogen and oxygen atoms in total. The lowest BCUT2D eigenvalue weighted by Gasteiger charge is -2.23. The van der Waals surface area contributed by atoms with Crippen LogP contribution in [0.1, 0.15) is 25.3 Å². The molecule has 11 rings (SSSR count). The first-order valence-corrected chi connectivity index (χ1v) is 19.5. The van der Waals surface area contributed by atoms with Crippen molar-refractivity contribution in [3.05, 3.63) is 188 Å². The summed E-state index contributed by atoms with van der Waals surface area (Å²) in [5.74, 6) is 1.05. The van der Waals surface area contributed by atoms with Crippen LogP contribution in [0.15, 0.2) is 188 Å². The van der Waals surface area contributed by atoms with Crippen molar-refractivity contribution in [2.24, 2.45) is 0 Å². The normalized spacial score (nSPS) is 14.4. The molecule has 1 heterocycles. The van der Waals surface area contributed by atoms with Crippen LogP contribution in [0.3, 0.4) is 0 Å². The van der Waals surface area contributed by atoms with Crippen molar-refractivity contribution in [3.63, 3.8) is 0 Å². The first kappa shape index (κ1) is 31.7. The molecule has 9 aromatic carbocycles. The monoisotopic (exact) mass is 702 g/mol. The van der Waals surface area contributed by atoms with Crippen LogP contribution in [-0.4, -0.2) is 9.55 Å². The third-order valence-corrected chi connectivity index (χ3v) is 11.8. The van der Waals surface area contributed by atoms with Crippen LogP contribution < -0.4 is 0 Å². The van der Waals surface area contributed by atoms with E-state index < -0.39 is 0 Å². The van der Waals surface area contributed by atoms with Gasteiger partial charge in [-0.25, -0.2) is 4.98 Å². The van der Waals surface area contributed by atoms with Crippen LogP contribution in [0, 0.1) is 0 Å². The van der Waals surface area contributed by atoms with Crippen LogP contribution in [0.5, 0.6) is 0 Å². The summed E-state index contributed by atoms with van der Waals surface area (Å²) < 4.78 is 2.49. The van der Waals surface area contributed by atoms with Crippen LogP contribution >= 0.6 is 0 Å². The van der Waals surface area contributed by atoms with Crippen LogP contribution in [0.25, 0.3) is 98.9 Å². The number of fused-ring (bicyclic) bond motifs is 5. The Morgan fingerprint density at radius 3 is 1.64 bits per heavy atom. The summed E-state index contributed by atoms with van der Waals surface area (Å²) >= 11 is 0. The zero-order chi connectivity index (χ0) is 36.3. The Morgan fingerprint density at radius 1 is 0.418 bits per heavy atom. The summed E-state index contributed by atoms with van der Waals surface area (Å²) in [5, 5.41) is 10.0. The molecule has 1 aliphatic carbocycles. The predicted octanol–water partition coefficient (Wildman–Crippen LogP) is 14.6. The molecule has 0 radical (unpaired) electrons. The van der Waals surface area contributed by atoms with Gasteiger partial charge in [0, 0.05) is 11.6 Å². The molecule has 1 aromatic heterocycles. The summed E-state index contributed by atoms with van der Waals surface area (Å²) in [4.78, 5) is 5.19. The van der Waals surface area contributed by atoms with E-state index in [-0.39, 0.29) is 0 Å². The van der Waals surface area contributed by atoms with Gasteiger partial charge in [-0.15, -0.1) is 0 Å². The molecule has 0 bridgehead atoms. The fourth-order valence-corrected chi connectivity index (χ4v) is 9.11. The lowest BCUT2D eigenvalue weighted by Crippen LogP contribution is -2.11. The summed E-state index contributed by atoms with van der Waals surface area (Å²) in [6.07, 6.45) is 7.92. The Labute approximate surface area is 320 Å². The molecule has 1 atom stereocenters. The maximum Gasteiger partial charge on any atom is 0.141 e. The molecule has 0 N–H and O–H groups in total.